The molecule has 136 valence electrons. The molecule has 4 nitrogen and oxygen atoms in total. The molecule has 0 spiro atoms. The molecule has 1 aliphatic heterocycles. The maximum absolute atomic E-state index is 12.5. The van der Waals surface area contributed by atoms with Crippen LogP contribution in [0.2, 0.25) is 0 Å². The van der Waals surface area contributed by atoms with Crippen LogP contribution < -0.4 is 0 Å². The Hall–Kier alpha value is -2.20. The van der Waals surface area contributed by atoms with Crippen LogP contribution in [0.3, 0.4) is 0 Å². The van der Waals surface area contributed by atoms with Gasteiger partial charge in [-0.2, -0.15) is 0 Å². The van der Waals surface area contributed by atoms with Gasteiger partial charge in [0.25, 0.3) is 0 Å². The summed E-state index contributed by atoms with van der Waals surface area (Å²) < 4.78 is 6.26. The monoisotopic (exact) mass is 350 g/mol. The van der Waals surface area contributed by atoms with Gasteiger partial charge in [-0.3, -0.25) is 9.78 Å². The van der Waals surface area contributed by atoms with Gasteiger partial charge in [-0.1, -0.05) is 36.4 Å². The Labute approximate surface area is 155 Å². The van der Waals surface area contributed by atoms with Crippen LogP contribution in [0.1, 0.15) is 30.5 Å². The van der Waals surface area contributed by atoms with Crippen molar-refractivity contribution in [3.63, 3.8) is 0 Å². The smallest absolute Gasteiger partial charge is 0.225 e. The number of ether oxygens (including phenoxy) is 1. The van der Waals surface area contributed by atoms with Crippen molar-refractivity contribution in [1.29, 1.82) is 0 Å². The van der Waals surface area contributed by atoms with Gasteiger partial charge in [0.15, 0.2) is 0 Å². The number of nitrogens with zero attached hydrogens (tertiary/aromatic N) is 2. The van der Waals surface area contributed by atoms with Crippen LogP contribution in [-0.2, 0) is 22.6 Å². The van der Waals surface area contributed by atoms with Crippen LogP contribution in [-0.4, -0.2) is 35.0 Å². The molecular formula is C22H26N2O2. The molecule has 1 saturated heterocycles. The van der Waals surface area contributed by atoms with Crippen LogP contribution >= 0.6 is 0 Å². The number of carbonyl (C=O) groups excluding carboxylic acids is 1. The fraction of sp³-hybridized carbons (Fsp3) is 0.455. The van der Waals surface area contributed by atoms with E-state index in [1.807, 2.05) is 24.3 Å². The molecule has 1 amide bonds. The Morgan fingerprint density at radius 2 is 1.88 bits per heavy atom. The lowest BCUT2D eigenvalue weighted by Gasteiger charge is -2.38. The summed E-state index contributed by atoms with van der Waals surface area (Å²) in [4.78, 5) is 19.0. The van der Waals surface area contributed by atoms with Crippen molar-refractivity contribution in [3.8, 4) is 0 Å². The molecule has 0 radical (unpaired) electrons. The lowest BCUT2D eigenvalue weighted by Crippen LogP contribution is -2.48. The third-order valence-electron chi connectivity index (χ3n) is 5.41. The fourth-order valence-electron chi connectivity index (χ4n) is 3.81. The maximum atomic E-state index is 12.5. The van der Waals surface area contributed by atoms with Crippen LogP contribution in [0.15, 0.2) is 54.7 Å². The fourth-order valence-corrected chi connectivity index (χ4v) is 3.81. The zero-order valence-electron chi connectivity index (χ0n) is 15.1. The summed E-state index contributed by atoms with van der Waals surface area (Å²) >= 11 is 0. The second kappa shape index (κ2) is 8.00. The van der Waals surface area contributed by atoms with E-state index >= 15 is 0 Å². The van der Waals surface area contributed by atoms with Gasteiger partial charge in [-0.05, 0) is 43.4 Å². The van der Waals surface area contributed by atoms with E-state index in [-0.39, 0.29) is 6.10 Å². The second-order valence-corrected chi connectivity index (χ2v) is 7.47. The highest BCUT2D eigenvalue weighted by molar-refractivity contribution is 5.81. The molecule has 2 aromatic rings. The highest BCUT2D eigenvalue weighted by Crippen LogP contribution is 2.33. The van der Waals surface area contributed by atoms with Gasteiger partial charge < -0.3 is 9.64 Å². The van der Waals surface area contributed by atoms with Crippen molar-refractivity contribution in [3.05, 3.63) is 66.0 Å². The first-order valence-electron chi connectivity index (χ1n) is 9.64. The minimum atomic E-state index is 0.167. The molecule has 26 heavy (non-hydrogen) atoms. The molecule has 1 saturated carbocycles. The Bertz CT molecular complexity index is 715. The van der Waals surface area contributed by atoms with Crippen LogP contribution in [0, 0.1) is 11.8 Å². The molecule has 1 aromatic carbocycles. The number of pyridine rings is 1. The topological polar surface area (TPSA) is 42.4 Å². The summed E-state index contributed by atoms with van der Waals surface area (Å²) in [7, 11) is 0. The van der Waals surface area contributed by atoms with Gasteiger partial charge in [-0.25, -0.2) is 0 Å². The standard InChI is InChI=1S/C22H26N2O2/c25-22(18-9-10-18)24-13-11-21(26-16-20-8-4-5-12-23-20)19(15-24)14-17-6-2-1-3-7-17/h1-8,12,18-19,21H,9-11,13-16H2/t19-,21-/m1/s1. The quantitative estimate of drug-likeness (QED) is 0.801. The summed E-state index contributed by atoms with van der Waals surface area (Å²) in [6.45, 7) is 2.15. The largest absolute Gasteiger partial charge is 0.371 e. The molecule has 4 rings (SSSR count). The Balaban J connectivity index is 1.43. The molecule has 1 aromatic heterocycles. The molecule has 0 unspecified atom stereocenters. The number of carbonyl (C=O) groups is 1. The lowest BCUT2D eigenvalue weighted by atomic mass is 9.88. The lowest BCUT2D eigenvalue weighted by molar-refractivity contribution is -0.138. The van der Waals surface area contributed by atoms with E-state index in [1.165, 1.54) is 5.56 Å². The first-order chi connectivity index (χ1) is 12.8. The molecule has 4 heteroatoms. The zero-order valence-corrected chi connectivity index (χ0v) is 15.1. The van der Waals surface area contributed by atoms with Crippen molar-refractivity contribution in [1.82, 2.24) is 9.88 Å². The Morgan fingerprint density at radius 3 is 2.62 bits per heavy atom. The predicted molar refractivity (Wildman–Crippen MR) is 100 cm³/mol. The van der Waals surface area contributed by atoms with E-state index in [9.17, 15) is 4.79 Å². The molecule has 1 aliphatic carbocycles. The number of benzene rings is 1. The molecule has 2 fully saturated rings. The van der Waals surface area contributed by atoms with Gasteiger partial charge in [0.1, 0.15) is 0 Å². The molecule has 2 atom stereocenters. The van der Waals surface area contributed by atoms with Crippen molar-refractivity contribution in [2.24, 2.45) is 11.8 Å². The molecular weight excluding hydrogens is 324 g/mol. The minimum absolute atomic E-state index is 0.167. The van der Waals surface area contributed by atoms with Crippen LogP contribution in [0.4, 0.5) is 0 Å². The average molecular weight is 350 g/mol. The van der Waals surface area contributed by atoms with E-state index in [0.29, 0.717) is 24.3 Å². The normalized spacial score (nSPS) is 23.0. The van der Waals surface area contributed by atoms with Gasteiger partial charge in [0.2, 0.25) is 5.91 Å². The number of rotatable bonds is 6. The number of hydrogen-bond acceptors (Lipinski definition) is 3. The average Bonchev–Trinajstić information content (AvgIpc) is 3.53. The summed E-state index contributed by atoms with van der Waals surface area (Å²) in [6, 6.07) is 16.4. The third kappa shape index (κ3) is 4.31. The van der Waals surface area contributed by atoms with Crippen molar-refractivity contribution in [2.45, 2.75) is 38.4 Å². The Morgan fingerprint density at radius 1 is 1.08 bits per heavy atom. The van der Waals surface area contributed by atoms with Crippen LogP contribution in [0.5, 0.6) is 0 Å². The highest BCUT2D eigenvalue weighted by Gasteiger charge is 2.38. The maximum Gasteiger partial charge on any atom is 0.225 e. The molecule has 0 bridgehead atoms. The number of amides is 1. The van der Waals surface area contributed by atoms with Gasteiger partial charge in [0.05, 0.1) is 18.4 Å². The zero-order chi connectivity index (χ0) is 17.8. The second-order valence-electron chi connectivity index (χ2n) is 7.47. The van der Waals surface area contributed by atoms with E-state index in [1.54, 1.807) is 6.20 Å². The molecule has 2 aliphatic rings. The summed E-state index contributed by atoms with van der Waals surface area (Å²) in [5, 5.41) is 0. The first-order valence-corrected chi connectivity index (χ1v) is 9.64. The summed E-state index contributed by atoms with van der Waals surface area (Å²) in [5.74, 6) is 0.974. The van der Waals surface area contributed by atoms with E-state index in [0.717, 1.165) is 44.5 Å². The van der Waals surface area contributed by atoms with E-state index < -0.39 is 0 Å². The third-order valence-corrected chi connectivity index (χ3v) is 5.41. The van der Waals surface area contributed by atoms with Crippen molar-refractivity contribution < 1.29 is 9.53 Å². The summed E-state index contributed by atoms with van der Waals surface area (Å²) in [6.07, 6.45) is 5.96. The number of likely N-dealkylation sites (tertiary alicyclic amines) is 1. The number of piperidine rings is 1. The SMILES string of the molecule is O=C(C1CC1)N1CC[C@@H](OCc2ccccn2)[C@H](Cc2ccccc2)C1. The van der Waals surface area contributed by atoms with E-state index in [2.05, 4.69) is 34.1 Å². The van der Waals surface area contributed by atoms with E-state index in [4.69, 9.17) is 4.74 Å². The molecule has 0 N–H and O–H groups in total. The van der Waals surface area contributed by atoms with Gasteiger partial charge >= 0.3 is 0 Å². The predicted octanol–water partition coefficient (Wildman–Crippen LogP) is 3.47. The molecule has 2 heterocycles. The number of hydrogen-bond donors (Lipinski definition) is 0. The highest BCUT2D eigenvalue weighted by atomic mass is 16.5. The van der Waals surface area contributed by atoms with Gasteiger partial charge in [-0.15, -0.1) is 0 Å². The summed E-state index contributed by atoms with van der Waals surface area (Å²) in [5.41, 5.74) is 2.27. The Kier molecular flexibility index (Phi) is 5.30. The van der Waals surface area contributed by atoms with Gasteiger partial charge in [0, 0.05) is 31.1 Å². The van der Waals surface area contributed by atoms with Crippen molar-refractivity contribution in [2.75, 3.05) is 13.1 Å². The van der Waals surface area contributed by atoms with Crippen LogP contribution in [0.25, 0.3) is 0 Å². The van der Waals surface area contributed by atoms with Crippen molar-refractivity contribution >= 4 is 5.91 Å². The number of aromatic nitrogens is 1. The first kappa shape index (κ1) is 17.2. The minimum Gasteiger partial charge on any atom is -0.371 e.